The van der Waals surface area contributed by atoms with E-state index in [0.717, 1.165) is 26.1 Å². The van der Waals surface area contributed by atoms with Crippen molar-refractivity contribution in [3.8, 4) is 0 Å². The number of rotatable bonds is 1. The van der Waals surface area contributed by atoms with Crippen molar-refractivity contribution in [1.29, 1.82) is 0 Å². The number of hydrogen-bond acceptors (Lipinski definition) is 3. The van der Waals surface area contributed by atoms with Gasteiger partial charge in [0.1, 0.15) is 5.82 Å². The minimum absolute atomic E-state index is 0.823. The second-order valence-electron chi connectivity index (χ2n) is 4.94. The first-order chi connectivity index (χ1) is 8.43. The van der Waals surface area contributed by atoms with Crippen molar-refractivity contribution >= 4 is 5.82 Å². The average molecular weight is 232 g/mol. The fraction of sp³-hybridized carbons (Fsp3) is 0.643. The molecule has 2 aliphatic rings. The molecule has 0 unspecified atom stereocenters. The monoisotopic (exact) mass is 232 g/mol. The van der Waals surface area contributed by atoms with Crippen LogP contribution in [-0.2, 0) is 17.6 Å². The van der Waals surface area contributed by atoms with Gasteiger partial charge in [0.05, 0.1) is 13.2 Å². The maximum atomic E-state index is 5.51. The molecule has 3 nitrogen and oxygen atoms in total. The molecule has 3 heteroatoms. The highest BCUT2D eigenvalue weighted by Gasteiger charge is 2.15. The number of fused-ring (bicyclic) bond motifs is 1. The van der Waals surface area contributed by atoms with Crippen LogP contribution in [0.3, 0.4) is 0 Å². The number of nitrogens with zero attached hydrogens (tertiary/aromatic N) is 2. The molecule has 0 atom stereocenters. The molecule has 92 valence electrons. The summed E-state index contributed by atoms with van der Waals surface area (Å²) in [5, 5.41) is 0. The van der Waals surface area contributed by atoms with Gasteiger partial charge in [0.15, 0.2) is 0 Å². The second kappa shape index (κ2) is 5.05. The maximum absolute atomic E-state index is 5.51. The number of pyridine rings is 1. The van der Waals surface area contributed by atoms with E-state index >= 15 is 0 Å². The molecule has 0 bridgehead atoms. The topological polar surface area (TPSA) is 25.4 Å². The molecule has 1 aromatic heterocycles. The summed E-state index contributed by atoms with van der Waals surface area (Å²) in [4.78, 5) is 7.27. The third-order valence-electron chi connectivity index (χ3n) is 3.73. The largest absolute Gasteiger partial charge is 0.381 e. The first kappa shape index (κ1) is 11.0. The van der Waals surface area contributed by atoms with Gasteiger partial charge in [-0.25, -0.2) is 4.98 Å². The highest BCUT2D eigenvalue weighted by Crippen LogP contribution is 2.21. The molecule has 0 aliphatic carbocycles. The molecule has 0 amide bonds. The van der Waals surface area contributed by atoms with Crippen molar-refractivity contribution in [3.05, 3.63) is 23.4 Å². The molecule has 2 aliphatic heterocycles. The molecular formula is C14H20N2O. The fourth-order valence-electron chi connectivity index (χ4n) is 2.71. The van der Waals surface area contributed by atoms with Gasteiger partial charge in [-0.15, -0.1) is 0 Å². The van der Waals surface area contributed by atoms with Gasteiger partial charge in [0.2, 0.25) is 0 Å². The third-order valence-corrected chi connectivity index (χ3v) is 3.73. The van der Waals surface area contributed by atoms with Crippen LogP contribution in [0.2, 0.25) is 0 Å². The van der Waals surface area contributed by atoms with E-state index in [0.29, 0.717) is 0 Å². The molecule has 0 saturated carbocycles. The van der Waals surface area contributed by atoms with Crippen molar-refractivity contribution in [2.75, 3.05) is 31.2 Å². The van der Waals surface area contributed by atoms with Gasteiger partial charge in [0, 0.05) is 25.2 Å². The normalized spacial score (nSPS) is 20.8. The van der Waals surface area contributed by atoms with E-state index in [4.69, 9.17) is 9.72 Å². The number of aromatic nitrogens is 1. The lowest BCUT2D eigenvalue weighted by Crippen LogP contribution is -2.30. The zero-order chi connectivity index (χ0) is 11.5. The summed E-state index contributed by atoms with van der Waals surface area (Å²) < 4.78 is 5.51. The molecule has 0 spiro atoms. The second-order valence-corrected chi connectivity index (χ2v) is 4.94. The molecule has 3 rings (SSSR count). The van der Waals surface area contributed by atoms with Gasteiger partial charge in [0.25, 0.3) is 0 Å². The highest BCUT2D eigenvalue weighted by atomic mass is 16.5. The van der Waals surface area contributed by atoms with E-state index < -0.39 is 0 Å². The van der Waals surface area contributed by atoms with Gasteiger partial charge in [-0.05, 0) is 37.3 Å². The lowest BCUT2D eigenvalue weighted by Gasteiger charge is -2.28. The molecular weight excluding hydrogens is 212 g/mol. The number of hydrogen-bond donors (Lipinski definition) is 0. The van der Waals surface area contributed by atoms with Crippen molar-refractivity contribution in [1.82, 2.24) is 4.98 Å². The summed E-state index contributed by atoms with van der Waals surface area (Å²) in [7, 11) is 0. The molecule has 17 heavy (non-hydrogen) atoms. The van der Waals surface area contributed by atoms with E-state index in [1.54, 1.807) is 0 Å². The van der Waals surface area contributed by atoms with Crippen LogP contribution >= 0.6 is 0 Å². The van der Waals surface area contributed by atoms with Crippen LogP contribution in [0.25, 0.3) is 0 Å². The molecule has 0 aromatic carbocycles. The van der Waals surface area contributed by atoms with Gasteiger partial charge in [-0.2, -0.15) is 0 Å². The van der Waals surface area contributed by atoms with E-state index in [9.17, 15) is 0 Å². The van der Waals surface area contributed by atoms with Crippen LogP contribution in [0.4, 0.5) is 5.82 Å². The number of anilines is 1. The van der Waals surface area contributed by atoms with Crippen molar-refractivity contribution < 1.29 is 4.74 Å². The zero-order valence-corrected chi connectivity index (χ0v) is 10.3. The van der Waals surface area contributed by atoms with Crippen LogP contribution < -0.4 is 4.90 Å². The molecule has 1 fully saturated rings. The average Bonchev–Trinajstić information content (AvgIpc) is 2.64. The SMILES string of the molecule is c1cc2c(nc1N1CCCCC1)CCOCC2. The van der Waals surface area contributed by atoms with Crippen molar-refractivity contribution in [3.63, 3.8) is 0 Å². The van der Waals surface area contributed by atoms with E-state index in [2.05, 4.69) is 17.0 Å². The lowest BCUT2D eigenvalue weighted by atomic mass is 10.1. The summed E-state index contributed by atoms with van der Waals surface area (Å²) in [5.74, 6) is 1.17. The predicted molar refractivity (Wildman–Crippen MR) is 68.5 cm³/mol. The predicted octanol–water partition coefficient (Wildman–Crippen LogP) is 2.19. The third kappa shape index (κ3) is 2.44. The Hall–Kier alpha value is -1.09. The summed E-state index contributed by atoms with van der Waals surface area (Å²) in [6, 6.07) is 4.44. The maximum Gasteiger partial charge on any atom is 0.128 e. The van der Waals surface area contributed by atoms with E-state index in [1.165, 1.54) is 49.4 Å². The number of piperidine rings is 1. The molecule has 0 N–H and O–H groups in total. The Kier molecular flexibility index (Phi) is 3.27. The quantitative estimate of drug-likeness (QED) is 0.742. The van der Waals surface area contributed by atoms with Crippen LogP contribution in [0, 0.1) is 0 Å². The highest BCUT2D eigenvalue weighted by molar-refractivity contribution is 5.42. The minimum atomic E-state index is 0.823. The fourth-order valence-corrected chi connectivity index (χ4v) is 2.71. The smallest absolute Gasteiger partial charge is 0.128 e. The molecule has 0 radical (unpaired) electrons. The molecule has 3 heterocycles. The van der Waals surface area contributed by atoms with Crippen LogP contribution in [0.5, 0.6) is 0 Å². The van der Waals surface area contributed by atoms with Crippen LogP contribution in [0.1, 0.15) is 30.5 Å². The number of ether oxygens (including phenoxy) is 1. The standard InChI is InChI=1S/C14H20N2O/c1-2-8-16(9-3-1)14-5-4-12-6-10-17-11-7-13(12)15-14/h4-5H,1-3,6-11H2. The Bertz CT molecular complexity index is 386. The molecule has 1 saturated heterocycles. The Morgan fingerprint density at radius 1 is 1.00 bits per heavy atom. The van der Waals surface area contributed by atoms with Crippen molar-refractivity contribution in [2.45, 2.75) is 32.1 Å². The summed E-state index contributed by atoms with van der Waals surface area (Å²) >= 11 is 0. The van der Waals surface area contributed by atoms with Crippen LogP contribution in [0.15, 0.2) is 12.1 Å². The Balaban J connectivity index is 1.83. The Labute approximate surface area is 103 Å². The van der Waals surface area contributed by atoms with Gasteiger partial charge in [-0.1, -0.05) is 6.07 Å². The van der Waals surface area contributed by atoms with Gasteiger partial charge < -0.3 is 9.64 Å². The molecule has 1 aromatic rings. The van der Waals surface area contributed by atoms with Gasteiger partial charge in [-0.3, -0.25) is 0 Å². The summed E-state index contributed by atoms with van der Waals surface area (Å²) in [6.45, 7) is 4.01. The summed E-state index contributed by atoms with van der Waals surface area (Å²) in [5.41, 5.74) is 2.63. The minimum Gasteiger partial charge on any atom is -0.381 e. The van der Waals surface area contributed by atoms with Crippen LogP contribution in [-0.4, -0.2) is 31.3 Å². The lowest BCUT2D eigenvalue weighted by molar-refractivity contribution is 0.146. The first-order valence-corrected chi connectivity index (χ1v) is 6.75. The van der Waals surface area contributed by atoms with E-state index in [-0.39, 0.29) is 0 Å². The zero-order valence-electron chi connectivity index (χ0n) is 10.3. The summed E-state index contributed by atoms with van der Waals surface area (Å²) in [6.07, 6.45) is 5.97. The Morgan fingerprint density at radius 2 is 1.82 bits per heavy atom. The Morgan fingerprint density at radius 3 is 2.71 bits per heavy atom. The first-order valence-electron chi connectivity index (χ1n) is 6.75. The van der Waals surface area contributed by atoms with E-state index in [1.807, 2.05) is 0 Å². The van der Waals surface area contributed by atoms with Gasteiger partial charge >= 0.3 is 0 Å². The van der Waals surface area contributed by atoms with Crippen molar-refractivity contribution in [2.24, 2.45) is 0 Å².